The van der Waals surface area contributed by atoms with Crippen molar-refractivity contribution < 1.29 is 59.5 Å². The van der Waals surface area contributed by atoms with E-state index in [0.29, 0.717) is 37.0 Å². The number of halogens is 1. The molecule has 0 aliphatic rings. The van der Waals surface area contributed by atoms with Gasteiger partial charge in [0.25, 0.3) is 0 Å². The second-order valence-corrected chi connectivity index (χ2v) is 7.72. The third kappa shape index (κ3) is 32.0. The Balaban J connectivity index is -0.0000000960. The number of rotatable bonds is 9. The fraction of sp³-hybridized carbons (Fsp3) is 0.833. The maximum absolute atomic E-state index is 10.1. The minimum absolute atomic E-state index is 0. The molecule has 9 nitrogen and oxygen atoms in total. The Labute approximate surface area is 191 Å². The van der Waals surface area contributed by atoms with E-state index in [1.807, 2.05) is 41.5 Å². The van der Waals surface area contributed by atoms with Crippen molar-refractivity contribution in [1.82, 2.24) is 0 Å². The Kier molecular flexibility index (Phi) is 29.1. The topological polar surface area (TPSA) is 190 Å². The van der Waals surface area contributed by atoms with Gasteiger partial charge < -0.3 is 44.9 Å². The van der Waals surface area contributed by atoms with Crippen molar-refractivity contribution in [2.75, 3.05) is 0 Å². The van der Waals surface area contributed by atoms with E-state index in [1.54, 1.807) is 0 Å². The summed E-state index contributed by atoms with van der Waals surface area (Å²) in [6.07, 6.45) is 1.65. The Hall–Kier alpha value is -0.888. The summed E-state index contributed by atoms with van der Waals surface area (Å²) in [5.74, 6) is -1.67. The van der Waals surface area contributed by atoms with E-state index in [4.69, 9.17) is 32.5 Å². The van der Waals surface area contributed by atoms with Crippen molar-refractivity contribution in [2.45, 2.75) is 78.9 Å². The molecule has 0 aliphatic carbocycles. The quantitative estimate of drug-likeness (QED) is 0.224. The number of carboxylic acid groups (broad SMARTS) is 3. The van der Waals surface area contributed by atoms with Crippen LogP contribution < -0.4 is 29.6 Å². The molecule has 0 fully saturated rings. The molecule has 0 rings (SSSR count). The molecular weight excluding hydrogens is 442 g/mol. The van der Waals surface area contributed by atoms with Crippen molar-refractivity contribution in [3.63, 3.8) is 0 Å². The maximum atomic E-state index is 10.1. The molecule has 1 radical (unpaired) electrons. The van der Waals surface area contributed by atoms with Crippen LogP contribution in [0.25, 0.3) is 0 Å². The first-order valence-corrected chi connectivity index (χ1v) is 9.06. The van der Waals surface area contributed by atoms with E-state index in [-0.39, 0.29) is 29.8 Å². The van der Waals surface area contributed by atoms with Gasteiger partial charge in [-0.05, 0) is 37.0 Å². The molecule has 173 valence electrons. The van der Waals surface area contributed by atoms with E-state index in [2.05, 4.69) is 0 Å². The summed E-state index contributed by atoms with van der Waals surface area (Å²) in [7, 11) is 0. The standard InChI is InChI=1S/3C6H13NO2.ClH.Cr/c3*1-4(2)3-5(7)6(8)9;;/h3*4-5H,3,7H2,1-2H3,(H,8,9);1H;/q;;;;+3/p-1/t3*5-;;/m000../s1. The zero-order chi connectivity index (χ0) is 22.3. The SMILES string of the molecule is CC(C)C[C@H](N)C(=O)O.CC(C)C[C@H](N)C(=O)O.CC(C)C[C@H](N)C(=O)O.[Cl-].[Cr+3]. The largest absolute Gasteiger partial charge is 3.00 e. The number of nitrogens with two attached hydrogens (primary N) is 3. The first-order valence-electron chi connectivity index (χ1n) is 9.06. The first-order chi connectivity index (χ1) is 12.1. The van der Waals surface area contributed by atoms with Gasteiger partial charge >= 0.3 is 35.3 Å². The van der Waals surface area contributed by atoms with Gasteiger partial charge in [0, 0.05) is 0 Å². The van der Waals surface area contributed by atoms with Crippen molar-refractivity contribution >= 4 is 17.9 Å². The van der Waals surface area contributed by atoms with Crippen molar-refractivity contribution in [2.24, 2.45) is 35.0 Å². The van der Waals surface area contributed by atoms with Gasteiger partial charge in [0.15, 0.2) is 0 Å². The fourth-order valence-electron chi connectivity index (χ4n) is 1.83. The summed E-state index contributed by atoms with van der Waals surface area (Å²) < 4.78 is 0. The van der Waals surface area contributed by atoms with Crippen LogP contribution in [0.2, 0.25) is 0 Å². The van der Waals surface area contributed by atoms with Crippen LogP contribution >= 0.6 is 0 Å². The van der Waals surface area contributed by atoms with E-state index in [1.165, 1.54) is 0 Å². The monoisotopic (exact) mass is 480 g/mol. The van der Waals surface area contributed by atoms with E-state index >= 15 is 0 Å². The molecule has 0 aromatic rings. The molecule has 0 amide bonds. The van der Waals surface area contributed by atoms with Crippen LogP contribution in [0, 0.1) is 17.8 Å². The molecule has 0 heterocycles. The number of carbonyl (C=O) groups is 3. The van der Waals surface area contributed by atoms with Gasteiger partial charge in [-0.25, -0.2) is 0 Å². The van der Waals surface area contributed by atoms with Crippen molar-refractivity contribution in [3.05, 3.63) is 0 Å². The average molecular weight is 481 g/mol. The Morgan fingerprint density at radius 2 is 0.724 bits per heavy atom. The zero-order valence-electron chi connectivity index (χ0n) is 18.2. The molecule has 0 saturated carbocycles. The average Bonchev–Trinajstić information content (AvgIpc) is 2.46. The molecule has 0 bridgehead atoms. The molecule has 9 N–H and O–H groups in total. The Morgan fingerprint density at radius 3 is 0.759 bits per heavy atom. The predicted octanol–water partition coefficient (Wildman–Crippen LogP) is -1.67. The smallest absolute Gasteiger partial charge is 1.00 e. The minimum Gasteiger partial charge on any atom is -1.00 e. The van der Waals surface area contributed by atoms with E-state index in [0.717, 1.165) is 0 Å². The van der Waals surface area contributed by atoms with Crippen LogP contribution in [0.3, 0.4) is 0 Å². The normalized spacial score (nSPS) is 12.8. The first kappa shape index (κ1) is 38.7. The summed E-state index contributed by atoms with van der Waals surface area (Å²) in [4.78, 5) is 30.3. The van der Waals surface area contributed by atoms with Crippen LogP contribution in [0.5, 0.6) is 0 Å². The zero-order valence-corrected chi connectivity index (χ0v) is 20.2. The van der Waals surface area contributed by atoms with Gasteiger partial charge in [-0.3, -0.25) is 14.4 Å². The minimum atomic E-state index is -0.913. The summed E-state index contributed by atoms with van der Waals surface area (Å²) >= 11 is 0. The van der Waals surface area contributed by atoms with Gasteiger partial charge in [-0.1, -0.05) is 41.5 Å². The van der Waals surface area contributed by atoms with Gasteiger partial charge in [0.05, 0.1) is 0 Å². The van der Waals surface area contributed by atoms with Crippen LogP contribution in [0.1, 0.15) is 60.8 Å². The van der Waals surface area contributed by atoms with Crippen LogP contribution in [-0.2, 0) is 31.7 Å². The van der Waals surface area contributed by atoms with Gasteiger partial charge in [0.2, 0.25) is 0 Å². The number of carboxylic acids is 3. The Morgan fingerprint density at radius 1 is 0.586 bits per heavy atom. The summed E-state index contributed by atoms with van der Waals surface area (Å²) in [5.41, 5.74) is 15.7. The van der Waals surface area contributed by atoms with Crippen LogP contribution in [0.15, 0.2) is 0 Å². The number of aliphatic carboxylic acids is 3. The maximum Gasteiger partial charge on any atom is 3.00 e. The summed E-state index contributed by atoms with van der Waals surface area (Å²) in [6, 6.07) is -2.07. The molecule has 0 aromatic heterocycles. The molecule has 0 unspecified atom stereocenters. The van der Waals surface area contributed by atoms with Crippen molar-refractivity contribution in [1.29, 1.82) is 0 Å². The number of hydrogen-bond acceptors (Lipinski definition) is 6. The van der Waals surface area contributed by atoms with Gasteiger partial charge in [-0.2, -0.15) is 0 Å². The van der Waals surface area contributed by atoms with Gasteiger partial charge in [0.1, 0.15) is 18.1 Å². The van der Waals surface area contributed by atoms with E-state index in [9.17, 15) is 14.4 Å². The molecule has 29 heavy (non-hydrogen) atoms. The third-order valence-electron chi connectivity index (χ3n) is 3.13. The fourth-order valence-corrected chi connectivity index (χ4v) is 1.83. The van der Waals surface area contributed by atoms with Gasteiger partial charge in [-0.15, -0.1) is 0 Å². The Bertz CT molecular complexity index is 378. The third-order valence-corrected chi connectivity index (χ3v) is 3.13. The molecular formula is C18H39ClCrN3O6+2. The molecule has 0 aromatic carbocycles. The summed E-state index contributed by atoms with van der Waals surface area (Å²) in [6.45, 7) is 11.7. The second kappa shape index (κ2) is 21.8. The van der Waals surface area contributed by atoms with Crippen LogP contribution in [0.4, 0.5) is 0 Å². The molecule has 3 atom stereocenters. The second-order valence-electron chi connectivity index (χ2n) is 7.72. The predicted molar refractivity (Wildman–Crippen MR) is 105 cm³/mol. The molecule has 0 aliphatic heterocycles. The van der Waals surface area contributed by atoms with E-state index < -0.39 is 36.0 Å². The number of hydrogen-bond donors (Lipinski definition) is 6. The van der Waals surface area contributed by atoms with Crippen LogP contribution in [-0.4, -0.2) is 51.4 Å². The summed E-state index contributed by atoms with van der Waals surface area (Å²) in [5, 5.41) is 24.9. The molecule has 0 saturated heterocycles. The van der Waals surface area contributed by atoms with Crippen molar-refractivity contribution in [3.8, 4) is 0 Å². The molecule has 0 spiro atoms. The molecule has 11 heteroatoms.